The van der Waals surface area contributed by atoms with Gasteiger partial charge in [0.2, 0.25) is 5.88 Å². The average molecular weight is 486 g/mol. The monoisotopic (exact) mass is 485 g/mol. The van der Waals surface area contributed by atoms with Crippen molar-refractivity contribution < 1.29 is 14.3 Å². The fourth-order valence-corrected chi connectivity index (χ4v) is 5.57. The van der Waals surface area contributed by atoms with Crippen molar-refractivity contribution in [1.29, 1.82) is 0 Å². The van der Waals surface area contributed by atoms with E-state index in [4.69, 9.17) is 0 Å². The molecule has 2 aliphatic heterocycles. The lowest BCUT2D eigenvalue weighted by Gasteiger charge is -2.42. The second-order valence-electron chi connectivity index (χ2n) is 9.50. The van der Waals surface area contributed by atoms with E-state index in [1.807, 2.05) is 41.0 Å². The molecular formula is C27H24FN5O3. The van der Waals surface area contributed by atoms with Crippen molar-refractivity contribution in [2.45, 2.75) is 25.6 Å². The highest BCUT2D eigenvalue weighted by Gasteiger charge is 2.35. The smallest absolute Gasteiger partial charge is 0.295 e. The summed E-state index contributed by atoms with van der Waals surface area (Å²) in [5, 5.41) is 19.7. The number of azo groups is 1. The van der Waals surface area contributed by atoms with Crippen LogP contribution in [0, 0.1) is 11.7 Å². The number of fused-ring (bicyclic) bond motifs is 5. The van der Waals surface area contributed by atoms with Gasteiger partial charge >= 0.3 is 0 Å². The molecule has 1 N–H and O–H groups in total. The minimum atomic E-state index is -0.621. The van der Waals surface area contributed by atoms with Crippen LogP contribution in [0.25, 0.3) is 10.9 Å². The van der Waals surface area contributed by atoms with Gasteiger partial charge < -0.3 is 9.67 Å². The third-order valence-electron chi connectivity index (χ3n) is 7.15. The van der Waals surface area contributed by atoms with E-state index in [1.165, 1.54) is 24.3 Å². The first-order valence-corrected chi connectivity index (χ1v) is 11.9. The van der Waals surface area contributed by atoms with Crippen molar-refractivity contribution in [1.82, 2.24) is 14.0 Å². The lowest BCUT2D eigenvalue weighted by molar-refractivity contribution is 0.0922. The van der Waals surface area contributed by atoms with E-state index in [9.17, 15) is 19.1 Å². The average Bonchev–Trinajstić information content (AvgIpc) is 3.14. The van der Waals surface area contributed by atoms with Gasteiger partial charge in [-0.25, -0.2) is 4.39 Å². The number of carbonyl (C=O) groups is 1. The van der Waals surface area contributed by atoms with Gasteiger partial charge in [0.15, 0.2) is 5.69 Å². The summed E-state index contributed by atoms with van der Waals surface area (Å²) < 4.78 is 16.9. The summed E-state index contributed by atoms with van der Waals surface area (Å²) in [5.41, 5.74) is 2.33. The van der Waals surface area contributed by atoms with Gasteiger partial charge in [-0.2, -0.15) is 0 Å². The molecule has 0 saturated carbocycles. The van der Waals surface area contributed by atoms with Crippen LogP contribution >= 0.6 is 0 Å². The molecular weight excluding hydrogens is 461 g/mol. The van der Waals surface area contributed by atoms with E-state index >= 15 is 0 Å². The molecule has 2 bridgehead atoms. The van der Waals surface area contributed by atoms with Crippen molar-refractivity contribution in [2.75, 3.05) is 13.1 Å². The quantitative estimate of drug-likeness (QED) is 0.426. The highest BCUT2D eigenvalue weighted by Crippen LogP contribution is 2.40. The van der Waals surface area contributed by atoms with E-state index in [-0.39, 0.29) is 28.6 Å². The maximum atomic E-state index is 13.2. The molecule has 0 unspecified atom stereocenters. The number of nitrogens with zero attached hydrogens (tertiary/aromatic N) is 5. The third-order valence-corrected chi connectivity index (χ3v) is 7.15. The van der Waals surface area contributed by atoms with Gasteiger partial charge in [-0.1, -0.05) is 24.3 Å². The number of amides is 1. The number of piperidine rings is 1. The molecule has 182 valence electrons. The van der Waals surface area contributed by atoms with E-state index in [2.05, 4.69) is 15.1 Å². The van der Waals surface area contributed by atoms with E-state index < -0.39 is 11.7 Å². The fourth-order valence-electron chi connectivity index (χ4n) is 5.57. The number of benzene rings is 2. The number of para-hydroxylation sites is 1. The molecule has 2 aromatic heterocycles. The van der Waals surface area contributed by atoms with Gasteiger partial charge in [0.25, 0.3) is 11.5 Å². The normalized spacial score (nSPS) is 19.6. The van der Waals surface area contributed by atoms with Crippen LogP contribution in [0.4, 0.5) is 10.1 Å². The molecule has 0 radical (unpaired) electrons. The van der Waals surface area contributed by atoms with E-state index in [0.29, 0.717) is 24.5 Å². The maximum absolute atomic E-state index is 13.2. The fraction of sp³-hybridized carbons (Fsp3) is 0.259. The standard InChI is InChI=1S/C27H24FN5O3/c28-20-10-8-18(9-11-20)26(35)30-29-25-21-4-1-2-5-23(21)33(27(25)36)16-31-13-17-12-19(15-31)22-6-3-7-24(34)32(22)14-17/h1-11,17,19,36H,12-16H2/t17-,19+/m0/s1. The van der Waals surface area contributed by atoms with Crippen LogP contribution in [-0.2, 0) is 13.2 Å². The second kappa shape index (κ2) is 8.83. The predicted molar refractivity (Wildman–Crippen MR) is 132 cm³/mol. The van der Waals surface area contributed by atoms with Gasteiger partial charge in [0.05, 0.1) is 12.2 Å². The summed E-state index contributed by atoms with van der Waals surface area (Å²) in [6, 6.07) is 18.0. The Balaban J connectivity index is 1.29. The van der Waals surface area contributed by atoms with Gasteiger partial charge in [0, 0.05) is 48.3 Å². The maximum Gasteiger partial charge on any atom is 0.295 e. The molecule has 2 aliphatic rings. The predicted octanol–water partition coefficient (Wildman–Crippen LogP) is 4.65. The minimum absolute atomic E-state index is 0.0508. The van der Waals surface area contributed by atoms with Crippen molar-refractivity contribution >= 4 is 22.5 Å². The molecule has 0 spiro atoms. The highest BCUT2D eigenvalue weighted by molar-refractivity contribution is 5.97. The second-order valence-corrected chi connectivity index (χ2v) is 9.50. The number of halogens is 1. The molecule has 2 aromatic carbocycles. The van der Waals surface area contributed by atoms with Crippen LogP contribution in [0.5, 0.6) is 5.88 Å². The van der Waals surface area contributed by atoms with Crippen molar-refractivity contribution in [2.24, 2.45) is 16.1 Å². The molecule has 1 fully saturated rings. The van der Waals surface area contributed by atoms with Gasteiger partial charge in [-0.15, -0.1) is 10.2 Å². The molecule has 9 heteroatoms. The number of rotatable bonds is 4. The van der Waals surface area contributed by atoms with Crippen LogP contribution in [0.1, 0.15) is 28.4 Å². The highest BCUT2D eigenvalue weighted by atomic mass is 19.1. The summed E-state index contributed by atoms with van der Waals surface area (Å²) in [7, 11) is 0. The summed E-state index contributed by atoms with van der Waals surface area (Å²) >= 11 is 0. The van der Waals surface area contributed by atoms with Crippen LogP contribution in [0.2, 0.25) is 0 Å². The SMILES string of the molecule is O=C(N=Nc1c(O)n(CN2C[C@@H]3C[C@H](C2)c2cccc(=O)n2C3)c2ccccc12)c1ccc(F)cc1. The number of carbonyl (C=O) groups excluding carboxylic acids is 1. The van der Waals surface area contributed by atoms with Crippen LogP contribution in [0.15, 0.2) is 81.8 Å². The number of hydrogen-bond acceptors (Lipinski definition) is 5. The molecule has 4 heterocycles. The molecule has 4 aromatic rings. The number of hydrogen-bond donors (Lipinski definition) is 1. The molecule has 6 rings (SSSR count). The van der Waals surface area contributed by atoms with E-state index in [1.54, 1.807) is 10.6 Å². The largest absolute Gasteiger partial charge is 0.493 e. The Labute approximate surface area is 205 Å². The first-order chi connectivity index (χ1) is 17.5. The molecule has 8 nitrogen and oxygen atoms in total. The van der Waals surface area contributed by atoms with Crippen LogP contribution in [-0.4, -0.2) is 38.1 Å². The Morgan fingerprint density at radius 2 is 1.81 bits per heavy atom. The Kier molecular flexibility index (Phi) is 5.49. The molecule has 0 aliphatic carbocycles. The number of aromatic nitrogens is 2. The Bertz CT molecular complexity index is 1560. The van der Waals surface area contributed by atoms with Crippen LogP contribution < -0.4 is 5.56 Å². The first kappa shape index (κ1) is 22.4. The summed E-state index contributed by atoms with van der Waals surface area (Å²) in [5.74, 6) is -0.527. The van der Waals surface area contributed by atoms with Gasteiger partial charge in [-0.3, -0.25) is 19.1 Å². The Morgan fingerprint density at radius 1 is 1.00 bits per heavy atom. The topological polar surface area (TPSA) is 92.2 Å². The summed E-state index contributed by atoms with van der Waals surface area (Å²) in [4.78, 5) is 27.0. The number of likely N-dealkylation sites (tertiary alicyclic amines) is 1. The zero-order chi connectivity index (χ0) is 24.8. The molecule has 2 atom stereocenters. The van der Waals surface area contributed by atoms with Crippen LogP contribution in [0.3, 0.4) is 0 Å². The Morgan fingerprint density at radius 3 is 2.64 bits per heavy atom. The van der Waals surface area contributed by atoms with E-state index in [0.717, 1.165) is 30.7 Å². The van der Waals surface area contributed by atoms with Crippen molar-refractivity contribution in [3.63, 3.8) is 0 Å². The minimum Gasteiger partial charge on any atom is -0.493 e. The molecule has 36 heavy (non-hydrogen) atoms. The third kappa shape index (κ3) is 3.91. The van der Waals surface area contributed by atoms with Gasteiger partial charge in [0.1, 0.15) is 5.82 Å². The number of pyridine rings is 1. The Hall–Kier alpha value is -4.11. The van der Waals surface area contributed by atoms with Crippen molar-refractivity contribution in [3.8, 4) is 5.88 Å². The van der Waals surface area contributed by atoms with Gasteiger partial charge in [-0.05, 0) is 48.7 Å². The zero-order valence-corrected chi connectivity index (χ0v) is 19.4. The molecule has 1 amide bonds. The molecule has 1 saturated heterocycles. The first-order valence-electron chi connectivity index (χ1n) is 11.9. The lowest BCUT2D eigenvalue weighted by atomic mass is 9.83. The number of aromatic hydroxyl groups is 1. The summed E-state index contributed by atoms with van der Waals surface area (Å²) in [6.07, 6.45) is 1.04. The van der Waals surface area contributed by atoms with Crippen molar-refractivity contribution in [3.05, 3.63) is 94.2 Å². The summed E-state index contributed by atoms with van der Waals surface area (Å²) in [6.45, 7) is 2.72. The zero-order valence-electron chi connectivity index (χ0n) is 19.4. The lowest BCUT2D eigenvalue weighted by Crippen LogP contribution is -2.47.